The Morgan fingerprint density at radius 3 is 1.97 bits per heavy atom. The van der Waals surface area contributed by atoms with E-state index in [2.05, 4.69) is 40.4 Å². The van der Waals surface area contributed by atoms with Crippen LogP contribution < -0.4 is 0 Å². The minimum atomic E-state index is -1.82. The summed E-state index contributed by atoms with van der Waals surface area (Å²) in [5.41, 5.74) is 2.05. The summed E-state index contributed by atoms with van der Waals surface area (Å²) in [6, 6.07) is 12.3. The van der Waals surface area contributed by atoms with E-state index < -0.39 is 11.9 Å². The number of carboxylic acid groups (broad SMARTS) is 2. The van der Waals surface area contributed by atoms with Gasteiger partial charge in [-0.2, -0.15) is 0 Å². The number of benzene rings is 1. The summed E-state index contributed by atoms with van der Waals surface area (Å²) in [5, 5.41) is 14.8. The average Bonchev–Trinajstić information content (AvgIpc) is 2.75. The Hall–Kier alpha value is -2.91. The molecule has 2 aromatic rings. The van der Waals surface area contributed by atoms with Gasteiger partial charge in [-0.1, -0.05) is 12.1 Å². The number of pyridine rings is 1. The van der Waals surface area contributed by atoms with Gasteiger partial charge in [0.05, 0.1) is 0 Å². The van der Waals surface area contributed by atoms with Crippen LogP contribution in [0.15, 0.2) is 53.7 Å². The number of nitrogens with zero attached hydrogens (tertiary/aromatic N) is 3. The minimum absolute atomic E-state index is 0.108. The molecule has 1 aromatic heterocycles. The maximum absolute atomic E-state index is 12.4. The number of amides is 1. The number of carboxylic acids is 2. The van der Waals surface area contributed by atoms with Crippen molar-refractivity contribution in [2.75, 3.05) is 32.4 Å². The topological polar surface area (TPSA) is 111 Å². The second-order valence-corrected chi connectivity index (χ2v) is 7.14. The lowest BCUT2D eigenvalue weighted by atomic mass is 10.2. The SMILES string of the molecule is CSc1ccc(CN2CCN(C(=O)c3ccncc3)CC2)cc1.O=C(O)C(=O)O. The van der Waals surface area contributed by atoms with E-state index in [1.807, 2.05) is 4.90 Å². The zero-order chi connectivity index (χ0) is 21.2. The second-order valence-electron chi connectivity index (χ2n) is 6.26. The highest BCUT2D eigenvalue weighted by atomic mass is 32.2. The molecule has 2 heterocycles. The highest BCUT2D eigenvalue weighted by molar-refractivity contribution is 7.98. The van der Waals surface area contributed by atoms with Gasteiger partial charge in [-0.15, -0.1) is 11.8 Å². The molecule has 0 radical (unpaired) electrons. The monoisotopic (exact) mass is 417 g/mol. The lowest BCUT2D eigenvalue weighted by molar-refractivity contribution is -0.159. The fraction of sp³-hybridized carbons (Fsp3) is 0.300. The van der Waals surface area contributed by atoms with Gasteiger partial charge in [-0.25, -0.2) is 9.59 Å². The first-order valence-corrected chi connectivity index (χ1v) is 10.1. The Kier molecular flexibility index (Phi) is 8.63. The van der Waals surface area contributed by atoms with Crippen LogP contribution in [0, 0.1) is 0 Å². The van der Waals surface area contributed by atoms with Crippen molar-refractivity contribution in [2.45, 2.75) is 11.4 Å². The Bertz CT molecular complexity index is 810. The van der Waals surface area contributed by atoms with Crippen LogP contribution in [0.2, 0.25) is 0 Å². The largest absolute Gasteiger partial charge is 0.473 e. The fourth-order valence-corrected chi connectivity index (χ4v) is 3.18. The van der Waals surface area contributed by atoms with Gasteiger partial charge in [0.15, 0.2) is 0 Å². The predicted molar refractivity (Wildman–Crippen MR) is 109 cm³/mol. The van der Waals surface area contributed by atoms with Crippen molar-refractivity contribution in [3.8, 4) is 0 Å². The number of aromatic nitrogens is 1. The number of piperazine rings is 1. The van der Waals surface area contributed by atoms with Crippen LogP contribution in [0.1, 0.15) is 15.9 Å². The summed E-state index contributed by atoms with van der Waals surface area (Å²) in [6.07, 6.45) is 5.43. The smallest absolute Gasteiger partial charge is 0.414 e. The molecule has 1 aliphatic heterocycles. The third-order valence-corrected chi connectivity index (χ3v) is 5.08. The number of hydrogen-bond donors (Lipinski definition) is 2. The minimum Gasteiger partial charge on any atom is -0.473 e. The molecule has 0 unspecified atom stereocenters. The van der Waals surface area contributed by atoms with Crippen LogP contribution in [0.3, 0.4) is 0 Å². The van der Waals surface area contributed by atoms with Gasteiger partial charge in [-0.3, -0.25) is 14.7 Å². The van der Waals surface area contributed by atoms with E-state index in [0.717, 1.165) is 38.3 Å². The molecule has 3 rings (SSSR count). The van der Waals surface area contributed by atoms with Gasteiger partial charge in [0, 0.05) is 55.6 Å². The standard InChI is InChI=1S/C18H21N3OS.C2H2O4/c1-23-17-4-2-15(3-5-17)14-20-10-12-21(13-11-20)18(22)16-6-8-19-9-7-16;3-1(4)2(5)6/h2-9H,10-14H2,1H3;(H,3,4)(H,5,6). The van der Waals surface area contributed by atoms with Gasteiger partial charge in [-0.05, 0) is 36.1 Å². The van der Waals surface area contributed by atoms with E-state index in [9.17, 15) is 4.79 Å². The first-order valence-electron chi connectivity index (χ1n) is 8.91. The zero-order valence-corrected chi connectivity index (χ0v) is 16.8. The molecular formula is C20H23N3O5S. The molecule has 8 nitrogen and oxygen atoms in total. The molecule has 9 heteroatoms. The van der Waals surface area contributed by atoms with Crippen molar-refractivity contribution >= 4 is 29.6 Å². The molecule has 154 valence electrons. The summed E-state index contributed by atoms with van der Waals surface area (Å²) in [5.74, 6) is -3.54. The van der Waals surface area contributed by atoms with E-state index in [1.165, 1.54) is 10.5 Å². The van der Waals surface area contributed by atoms with Crippen LogP contribution in [0.4, 0.5) is 0 Å². The van der Waals surface area contributed by atoms with Gasteiger partial charge < -0.3 is 15.1 Å². The van der Waals surface area contributed by atoms with Crippen molar-refractivity contribution in [2.24, 2.45) is 0 Å². The first kappa shape index (κ1) is 22.4. The first-order chi connectivity index (χ1) is 13.9. The van der Waals surface area contributed by atoms with E-state index in [4.69, 9.17) is 19.8 Å². The Morgan fingerprint density at radius 2 is 1.48 bits per heavy atom. The van der Waals surface area contributed by atoms with E-state index >= 15 is 0 Å². The molecule has 0 atom stereocenters. The second kappa shape index (κ2) is 11.2. The van der Waals surface area contributed by atoms with Gasteiger partial charge in [0.2, 0.25) is 0 Å². The van der Waals surface area contributed by atoms with Crippen LogP contribution >= 0.6 is 11.8 Å². The number of carbonyl (C=O) groups excluding carboxylic acids is 1. The molecule has 2 N–H and O–H groups in total. The maximum Gasteiger partial charge on any atom is 0.414 e. The number of thioether (sulfide) groups is 1. The molecule has 0 saturated carbocycles. The number of hydrogen-bond acceptors (Lipinski definition) is 6. The molecule has 29 heavy (non-hydrogen) atoms. The molecular weight excluding hydrogens is 394 g/mol. The third-order valence-electron chi connectivity index (χ3n) is 4.33. The van der Waals surface area contributed by atoms with Crippen molar-refractivity contribution in [1.29, 1.82) is 0 Å². The summed E-state index contributed by atoms with van der Waals surface area (Å²) < 4.78 is 0. The number of rotatable bonds is 4. The van der Waals surface area contributed by atoms with Crippen molar-refractivity contribution in [3.63, 3.8) is 0 Å². The van der Waals surface area contributed by atoms with Crippen LogP contribution in [-0.4, -0.2) is 75.3 Å². The Labute approximate surface area is 173 Å². The lowest BCUT2D eigenvalue weighted by Gasteiger charge is -2.34. The van der Waals surface area contributed by atoms with Crippen LogP contribution in [0.25, 0.3) is 0 Å². The quantitative estimate of drug-likeness (QED) is 0.573. The average molecular weight is 417 g/mol. The zero-order valence-electron chi connectivity index (χ0n) is 16.0. The summed E-state index contributed by atoms with van der Waals surface area (Å²) >= 11 is 1.76. The van der Waals surface area contributed by atoms with E-state index in [-0.39, 0.29) is 5.91 Å². The number of carbonyl (C=O) groups is 3. The fourth-order valence-electron chi connectivity index (χ4n) is 2.78. The molecule has 1 fully saturated rings. The third kappa shape index (κ3) is 7.20. The van der Waals surface area contributed by atoms with Gasteiger partial charge in [0.1, 0.15) is 0 Å². The maximum atomic E-state index is 12.4. The Morgan fingerprint density at radius 1 is 0.931 bits per heavy atom. The van der Waals surface area contributed by atoms with E-state index in [1.54, 1.807) is 36.3 Å². The molecule has 1 amide bonds. The summed E-state index contributed by atoms with van der Waals surface area (Å²) in [4.78, 5) is 40.2. The number of aliphatic carboxylic acids is 2. The Balaban J connectivity index is 0.000000438. The molecule has 0 aliphatic carbocycles. The van der Waals surface area contributed by atoms with Crippen LogP contribution in [-0.2, 0) is 16.1 Å². The van der Waals surface area contributed by atoms with E-state index in [0.29, 0.717) is 0 Å². The molecule has 0 spiro atoms. The molecule has 1 aromatic carbocycles. The molecule has 0 bridgehead atoms. The summed E-state index contributed by atoms with van der Waals surface area (Å²) in [6.45, 7) is 4.35. The molecule has 1 aliphatic rings. The van der Waals surface area contributed by atoms with Crippen molar-refractivity contribution in [1.82, 2.24) is 14.8 Å². The molecule has 1 saturated heterocycles. The highest BCUT2D eigenvalue weighted by Gasteiger charge is 2.22. The van der Waals surface area contributed by atoms with Gasteiger partial charge >= 0.3 is 11.9 Å². The highest BCUT2D eigenvalue weighted by Crippen LogP contribution is 2.17. The van der Waals surface area contributed by atoms with Crippen molar-refractivity contribution < 1.29 is 24.6 Å². The normalized spacial score (nSPS) is 13.9. The van der Waals surface area contributed by atoms with Gasteiger partial charge in [0.25, 0.3) is 5.91 Å². The van der Waals surface area contributed by atoms with Crippen LogP contribution in [0.5, 0.6) is 0 Å². The predicted octanol–water partition coefficient (Wildman–Crippen LogP) is 1.92. The lowest BCUT2D eigenvalue weighted by Crippen LogP contribution is -2.48. The van der Waals surface area contributed by atoms with Crippen molar-refractivity contribution in [3.05, 3.63) is 59.9 Å². The summed E-state index contributed by atoms with van der Waals surface area (Å²) in [7, 11) is 0.